The van der Waals surface area contributed by atoms with Crippen LogP contribution in [-0.4, -0.2) is 29.5 Å². The number of nitrogens with zero attached hydrogens (tertiary/aromatic N) is 6. The molecular weight excluding hydrogens is 272 g/mol. The predicted octanol–water partition coefficient (Wildman–Crippen LogP) is 1.76. The maximum atomic E-state index is 5.73. The molecule has 0 bridgehead atoms. The van der Waals surface area contributed by atoms with Gasteiger partial charge in [-0.15, -0.1) is 0 Å². The molecule has 4 aromatic heterocycles. The summed E-state index contributed by atoms with van der Waals surface area (Å²) in [7, 11) is 0. The van der Waals surface area contributed by atoms with Crippen molar-refractivity contribution in [3.05, 3.63) is 55.3 Å². The van der Waals surface area contributed by atoms with Gasteiger partial charge in [-0.3, -0.25) is 4.57 Å². The zero-order chi connectivity index (χ0) is 14.1. The van der Waals surface area contributed by atoms with Gasteiger partial charge in [0.05, 0.1) is 0 Å². The van der Waals surface area contributed by atoms with Crippen molar-refractivity contribution >= 4 is 0 Å². The van der Waals surface area contributed by atoms with E-state index in [1.165, 1.54) is 6.33 Å². The van der Waals surface area contributed by atoms with E-state index in [9.17, 15) is 0 Å². The van der Waals surface area contributed by atoms with Crippen LogP contribution in [0.5, 0.6) is 0 Å². The molecule has 0 N–H and O–H groups in total. The van der Waals surface area contributed by atoms with Crippen molar-refractivity contribution < 1.29 is 8.94 Å². The van der Waals surface area contributed by atoms with Gasteiger partial charge in [0.25, 0.3) is 0 Å². The Morgan fingerprint density at radius 2 is 2.14 bits per heavy atom. The molecule has 104 valence electrons. The van der Waals surface area contributed by atoms with E-state index in [0.717, 1.165) is 0 Å². The van der Waals surface area contributed by atoms with Gasteiger partial charge in [0, 0.05) is 24.5 Å². The van der Waals surface area contributed by atoms with Crippen molar-refractivity contribution in [2.75, 3.05) is 0 Å². The summed E-state index contributed by atoms with van der Waals surface area (Å²) < 4.78 is 14.4. The fourth-order valence-corrected chi connectivity index (χ4v) is 1.97. The van der Waals surface area contributed by atoms with Crippen LogP contribution >= 0.6 is 0 Å². The molecule has 8 nitrogen and oxygen atoms in total. The van der Waals surface area contributed by atoms with Crippen LogP contribution < -0.4 is 0 Å². The number of furan rings is 1. The third-order valence-corrected chi connectivity index (χ3v) is 2.95. The standard InChI is InChI=1S/C13H10N6O2/c1-2-13(18-4-3-14-8-18)20-12(1)11-5-10(21-17-11)6-19-9-15-7-16-19/h1-5,7-9H,6H2. The highest BCUT2D eigenvalue weighted by molar-refractivity contribution is 5.53. The lowest BCUT2D eigenvalue weighted by Crippen LogP contribution is -1.98. The van der Waals surface area contributed by atoms with Crippen LogP contribution in [0, 0.1) is 0 Å². The van der Waals surface area contributed by atoms with E-state index in [1.54, 1.807) is 28.1 Å². The van der Waals surface area contributed by atoms with Crippen LogP contribution in [0.1, 0.15) is 5.76 Å². The van der Waals surface area contributed by atoms with Crippen molar-refractivity contribution in [1.82, 2.24) is 29.5 Å². The first-order valence-electron chi connectivity index (χ1n) is 6.25. The monoisotopic (exact) mass is 282 g/mol. The van der Waals surface area contributed by atoms with Crippen molar-refractivity contribution in [2.24, 2.45) is 0 Å². The van der Waals surface area contributed by atoms with E-state index in [-0.39, 0.29) is 0 Å². The summed E-state index contributed by atoms with van der Waals surface area (Å²) in [4.78, 5) is 7.86. The zero-order valence-electron chi connectivity index (χ0n) is 10.8. The summed E-state index contributed by atoms with van der Waals surface area (Å²) in [6.07, 6.45) is 8.26. The van der Waals surface area contributed by atoms with E-state index in [4.69, 9.17) is 8.94 Å². The smallest absolute Gasteiger partial charge is 0.205 e. The SMILES string of the molecule is c1cn(-c2ccc(-c3cc(Cn4cncn4)on3)o2)cn1. The molecule has 21 heavy (non-hydrogen) atoms. The molecule has 0 saturated heterocycles. The van der Waals surface area contributed by atoms with Gasteiger partial charge in [-0.25, -0.2) is 14.6 Å². The lowest BCUT2D eigenvalue weighted by Gasteiger charge is -1.94. The molecule has 0 aromatic carbocycles. The number of rotatable bonds is 4. The number of hydrogen-bond donors (Lipinski definition) is 0. The quantitative estimate of drug-likeness (QED) is 0.566. The minimum atomic E-state index is 0.474. The van der Waals surface area contributed by atoms with Gasteiger partial charge >= 0.3 is 0 Å². The Balaban J connectivity index is 1.58. The summed E-state index contributed by atoms with van der Waals surface area (Å²) in [6, 6.07) is 5.51. The third kappa shape index (κ3) is 2.22. The molecule has 4 aromatic rings. The molecule has 4 rings (SSSR count). The fourth-order valence-electron chi connectivity index (χ4n) is 1.97. The van der Waals surface area contributed by atoms with E-state index >= 15 is 0 Å². The fraction of sp³-hybridized carbons (Fsp3) is 0.0769. The topological polar surface area (TPSA) is 87.7 Å². The van der Waals surface area contributed by atoms with Crippen LogP contribution in [0.2, 0.25) is 0 Å². The van der Waals surface area contributed by atoms with Crippen LogP contribution in [0.4, 0.5) is 0 Å². The first kappa shape index (κ1) is 11.6. The van der Waals surface area contributed by atoms with Gasteiger partial charge in [-0.1, -0.05) is 5.16 Å². The van der Waals surface area contributed by atoms with Gasteiger partial charge in [0.2, 0.25) is 5.88 Å². The second-order valence-electron chi connectivity index (χ2n) is 4.38. The van der Waals surface area contributed by atoms with E-state index < -0.39 is 0 Å². The molecule has 0 radical (unpaired) electrons. The second kappa shape index (κ2) is 4.75. The maximum Gasteiger partial charge on any atom is 0.205 e. The average molecular weight is 282 g/mol. The Morgan fingerprint density at radius 3 is 2.95 bits per heavy atom. The summed E-state index contributed by atoms with van der Waals surface area (Å²) in [5, 5.41) is 8.02. The van der Waals surface area contributed by atoms with Gasteiger partial charge in [0.15, 0.2) is 11.5 Å². The first-order valence-corrected chi connectivity index (χ1v) is 6.25. The van der Waals surface area contributed by atoms with Crippen LogP contribution in [0.15, 0.2) is 58.5 Å². The molecule has 0 saturated carbocycles. The molecule has 0 aliphatic rings. The van der Waals surface area contributed by atoms with Crippen molar-refractivity contribution in [3.8, 4) is 17.3 Å². The largest absolute Gasteiger partial charge is 0.438 e. The number of imidazole rings is 1. The first-order chi connectivity index (χ1) is 10.4. The van der Waals surface area contributed by atoms with Crippen molar-refractivity contribution in [1.29, 1.82) is 0 Å². The molecule has 0 aliphatic carbocycles. The molecule has 4 heterocycles. The van der Waals surface area contributed by atoms with Crippen LogP contribution in [0.3, 0.4) is 0 Å². The summed E-state index contributed by atoms with van der Waals surface area (Å²) >= 11 is 0. The van der Waals surface area contributed by atoms with E-state index in [0.29, 0.717) is 29.6 Å². The number of aromatic nitrogens is 6. The molecule has 0 spiro atoms. The average Bonchev–Trinajstić information content (AvgIpc) is 3.28. The molecule has 0 fully saturated rings. The van der Waals surface area contributed by atoms with Crippen LogP contribution in [0.25, 0.3) is 17.3 Å². The minimum Gasteiger partial charge on any atom is -0.438 e. The normalized spacial score (nSPS) is 11.0. The summed E-state index contributed by atoms with van der Waals surface area (Å²) in [6.45, 7) is 0.474. The molecule has 8 heteroatoms. The highest BCUT2D eigenvalue weighted by Crippen LogP contribution is 2.24. The third-order valence-electron chi connectivity index (χ3n) is 2.95. The Bertz CT molecular complexity index is 828. The molecule has 0 atom stereocenters. The highest BCUT2D eigenvalue weighted by Gasteiger charge is 2.12. The van der Waals surface area contributed by atoms with Gasteiger partial charge in [-0.05, 0) is 6.07 Å². The van der Waals surface area contributed by atoms with Crippen molar-refractivity contribution in [2.45, 2.75) is 6.54 Å². The van der Waals surface area contributed by atoms with Crippen molar-refractivity contribution in [3.63, 3.8) is 0 Å². The van der Waals surface area contributed by atoms with E-state index in [1.807, 2.05) is 24.4 Å². The number of hydrogen-bond acceptors (Lipinski definition) is 6. The Kier molecular flexibility index (Phi) is 2.63. The molecular formula is C13H10N6O2. The van der Waals surface area contributed by atoms with Gasteiger partial charge in [-0.2, -0.15) is 5.10 Å². The summed E-state index contributed by atoms with van der Waals surface area (Å²) in [5.74, 6) is 1.98. The highest BCUT2D eigenvalue weighted by atomic mass is 16.5. The van der Waals surface area contributed by atoms with Gasteiger partial charge in [0.1, 0.15) is 31.2 Å². The van der Waals surface area contributed by atoms with E-state index in [2.05, 4.69) is 20.2 Å². The Labute approximate surface area is 118 Å². The molecule has 0 aliphatic heterocycles. The zero-order valence-corrected chi connectivity index (χ0v) is 10.8. The Hall–Kier alpha value is -3.16. The second-order valence-corrected chi connectivity index (χ2v) is 4.38. The minimum absolute atomic E-state index is 0.474. The van der Waals surface area contributed by atoms with Gasteiger partial charge < -0.3 is 8.94 Å². The maximum absolute atomic E-state index is 5.73. The Morgan fingerprint density at radius 1 is 1.14 bits per heavy atom. The lowest BCUT2D eigenvalue weighted by molar-refractivity contribution is 0.371. The van der Waals surface area contributed by atoms with Crippen LogP contribution in [-0.2, 0) is 6.54 Å². The predicted molar refractivity (Wildman–Crippen MR) is 70.5 cm³/mol. The molecule has 0 amide bonds. The summed E-state index contributed by atoms with van der Waals surface area (Å²) in [5.41, 5.74) is 0.636. The lowest BCUT2D eigenvalue weighted by atomic mass is 10.3. The molecule has 0 unspecified atom stereocenters.